The van der Waals surface area contributed by atoms with Crippen LogP contribution in [0, 0.1) is 13.8 Å². The number of thioether (sulfide) groups is 1. The Kier molecular flexibility index (Phi) is 6.99. The summed E-state index contributed by atoms with van der Waals surface area (Å²) in [5.74, 6) is 2.92. The molecule has 1 aliphatic rings. The Morgan fingerprint density at radius 3 is 2.56 bits per heavy atom. The Morgan fingerprint density at radius 1 is 1.09 bits per heavy atom. The molecule has 2 heterocycles. The van der Waals surface area contributed by atoms with Crippen LogP contribution in [-0.4, -0.2) is 60.0 Å². The molecule has 0 saturated carbocycles. The summed E-state index contributed by atoms with van der Waals surface area (Å²) >= 11 is 1.50. The molecule has 1 fully saturated rings. The zero-order valence-corrected chi connectivity index (χ0v) is 19.5. The summed E-state index contributed by atoms with van der Waals surface area (Å²) < 4.78 is 10.5. The molecule has 0 spiro atoms. The predicted octanol–water partition coefficient (Wildman–Crippen LogP) is 3.94. The van der Waals surface area contributed by atoms with Crippen LogP contribution in [0.3, 0.4) is 0 Å². The van der Waals surface area contributed by atoms with Crippen LogP contribution in [-0.2, 0) is 10.5 Å². The van der Waals surface area contributed by atoms with Crippen molar-refractivity contribution in [1.29, 1.82) is 0 Å². The van der Waals surface area contributed by atoms with Crippen LogP contribution in [0.25, 0.3) is 11.4 Å². The minimum Gasteiger partial charge on any atom is -0.497 e. The fourth-order valence-corrected chi connectivity index (χ4v) is 4.51. The average molecular weight is 453 g/mol. The number of ether oxygens (including phenoxy) is 1. The maximum absolute atomic E-state index is 12.6. The molecule has 1 amide bonds. The van der Waals surface area contributed by atoms with E-state index in [9.17, 15) is 4.79 Å². The van der Waals surface area contributed by atoms with Gasteiger partial charge in [-0.1, -0.05) is 17.3 Å². The quantitative estimate of drug-likeness (QED) is 0.538. The molecule has 3 aromatic rings. The number of aryl methyl sites for hydroxylation is 1. The van der Waals surface area contributed by atoms with Gasteiger partial charge in [-0.05, 0) is 55.3 Å². The number of anilines is 1. The van der Waals surface area contributed by atoms with Gasteiger partial charge in [0, 0.05) is 37.4 Å². The van der Waals surface area contributed by atoms with E-state index >= 15 is 0 Å². The number of hydrogen-bond acceptors (Lipinski definition) is 7. The van der Waals surface area contributed by atoms with E-state index in [4.69, 9.17) is 9.26 Å². The first kappa shape index (κ1) is 22.2. The molecule has 0 radical (unpaired) electrons. The molecule has 0 unspecified atom stereocenters. The number of carbonyl (C=O) groups is 1. The maximum atomic E-state index is 12.6. The monoisotopic (exact) mass is 452 g/mol. The molecule has 1 saturated heterocycles. The number of methoxy groups -OCH3 is 1. The van der Waals surface area contributed by atoms with E-state index in [2.05, 4.69) is 47.1 Å². The predicted molar refractivity (Wildman–Crippen MR) is 127 cm³/mol. The summed E-state index contributed by atoms with van der Waals surface area (Å²) in [7, 11) is 1.63. The lowest BCUT2D eigenvalue weighted by Gasteiger charge is -2.37. The van der Waals surface area contributed by atoms with Gasteiger partial charge in [-0.2, -0.15) is 4.98 Å². The van der Waals surface area contributed by atoms with Crippen LogP contribution >= 0.6 is 11.8 Å². The van der Waals surface area contributed by atoms with E-state index in [1.54, 1.807) is 7.11 Å². The van der Waals surface area contributed by atoms with Crippen LogP contribution in [0.4, 0.5) is 5.69 Å². The molecular formula is C24H28N4O3S. The first-order chi connectivity index (χ1) is 15.5. The number of amides is 1. The second-order valence-electron chi connectivity index (χ2n) is 7.82. The van der Waals surface area contributed by atoms with E-state index in [1.807, 2.05) is 29.2 Å². The fraction of sp³-hybridized carbons (Fsp3) is 0.375. The highest BCUT2D eigenvalue weighted by Crippen LogP contribution is 2.24. The van der Waals surface area contributed by atoms with Gasteiger partial charge >= 0.3 is 0 Å². The van der Waals surface area contributed by atoms with Crippen LogP contribution < -0.4 is 9.64 Å². The molecule has 32 heavy (non-hydrogen) atoms. The SMILES string of the molecule is COc1ccc(-c2noc(CSCC(=O)N3CCN(c4cccc(C)c4C)CC3)n2)cc1. The number of benzene rings is 2. The summed E-state index contributed by atoms with van der Waals surface area (Å²) in [5.41, 5.74) is 4.75. The molecular weight excluding hydrogens is 424 g/mol. The molecule has 0 bridgehead atoms. The highest BCUT2D eigenvalue weighted by molar-refractivity contribution is 7.99. The van der Waals surface area contributed by atoms with Crippen LogP contribution in [0.5, 0.6) is 5.75 Å². The lowest BCUT2D eigenvalue weighted by molar-refractivity contribution is -0.128. The Hall–Kier alpha value is -3.00. The minimum atomic E-state index is 0.158. The maximum Gasteiger partial charge on any atom is 0.236 e. The highest BCUT2D eigenvalue weighted by Gasteiger charge is 2.22. The van der Waals surface area contributed by atoms with Crippen LogP contribution in [0.2, 0.25) is 0 Å². The van der Waals surface area contributed by atoms with E-state index in [0.717, 1.165) is 37.5 Å². The first-order valence-electron chi connectivity index (χ1n) is 10.7. The lowest BCUT2D eigenvalue weighted by Crippen LogP contribution is -2.49. The van der Waals surface area contributed by atoms with Gasteiger partial charge in [0.1, 0.15) is 5.75 Å². The van der Waals surface area contributed by atoms with Crippen molar-refractivity contribution in [3.8, 4) is 17.1 Å². The zero-order chi connectivity index (χ0) is 22.5. The normalized spacial score (nSPS) is 14.0. The topological polar surface area (TPSA) is 71.7 Å². The Morgan fingerprint density at radius 2 is 1.84 bits per heavy atom. The summed E-state index contributed by atoms with van der Waals surface area (Å²) in [6, 6.07) is 13.9. The Bertz CT molecular complexity index is 1060. The van der Waals surface area contributed by atoms with Crippen molar-refractivity contribution in [2.75, 3.05) is 43.9 Å². The van der Waals surface area contributed by atoms with Crippen molar-refractivity contribution in [2.45, 2.75) is 19.6 Å². The number of nitrogens with zero attached hydrogens (tertiary/aromatic N) is 4. The van der Waals surface area contributed by atoms with Crippen molar-refractivity contribution in [3.05, 3.63) is 59.5 Å². The second-order valence-corrected chi connectivity index (χ2v) is 8.81. The third-order valence-electron chi connectivity index (χ3n) is 5.82. The van der Waals surface area contributed by atoms with Crippen molar-refractivity contribution in [1.82, 2.24) is 15.0 Å². The molecule has 4 rings (SSSR count). The van der Waals surface area contributed by atoms with E-state index in [-0.39, 0.29) is 5.91 Å². The molecule has 8 heteroatoms. The van der Waals surface area contributed by atoms with Crippen molar-refractivity contribution in [3.63, 3.8) is 0 Å². The third kappa shape index (κ3) is 5.07. The lowest BCUT2D eigenvalue weighted by atomic mass is 10.1. The molecule has 0 aliphatic carbocycles. The van der Waals surface area contributed by atoms with Gasteiger partial charge in [0.25, 0.3) is 0 Å². The standard InChI is InChI=1S/C24H28N4O3S/c1-17-5-4-6-21(18(17)2)27-11-13-28(14-12-27)23(29)16-32-15-22-25-24(26-31-22)19-7-9-20(30-3)10-8-19/h4-10H,11-16H2,1-3H3. The average Bonchev–Trinajstić information content (AvgIpc) is 3.30. The van der Waals surface area contributed by atoms with E-state index in [0.29, 0.717) is 23.2 Å². The third-order valence-corrected chi connectivity index (χ3v) is 6.72. The van der Waals surface area contributed by atoms with Gasteiger partial charge in [-0.15, -0.1) is 11.8 Å². The number of hydrogen-bond donors (Lipinski definition) is 0. The molecule has 1 aliphatic heterocycles. The Labute approximate surface area is 192 Å². The number of aromatic nitrogens is 2. The highest BCUT2D eigenvalue weighted by atomic mass is 32.2. The molecule has 1 aromatic heterocycles. The van der Waals surface area contributed by atoms with Gasteiger partial charge in [0.05, 0.1) is 18.6 Å². The fourth-order valence-electron chi connectivity index (χ4n) is 3.76. The van der Waals surface area contributed by atoms with Crippen molar-refractivity contribution >= 4 is 23.4 Å². The van der Waals surface area contributed by atoms with Crippen LogP contribution in [0.15, 0.2) is 47.0 Å². The smallest absolute Gasteiger partial charge is 0.236 e. The summed E-state index contributed by atoms with van der Waals surface area (Å²) in [5, 5.41) is 4.04. The number of rotatable bonds is 7. The van der Waals surface area contributed by atoms with Crippen LogP contribution in [0.1, 0.15) is 17.0 Å². The minimum absolute atomic E-state index is 0.158. The first-order valence-corrected chi connectivity index (χ1v) is 11.8. The molecule has 168 valence electrons. The van der Waals surface area contributed by atoms with E-state index < -0.39 is 0 Å². The largest absolute Gasteiger partial charge is 0.497 e. The molecule has 0 atom stereocenters. The van der Waals surface area contributed by atoms with Crippen molar-refractivity contribution < 1.29 is 14.1 Å². The molecule has 7 nitrogen and oxygen atoms in total. The zero-order valence-electron chi connectivity index (χ0n) is 18.7. The summed E-state index contributed by atoms with van der Waals surface area (Å²) in [6.07, 6.45) is 0. The van der Waals surface area contributed by atoms with Gasteiger partial charge in [-0.25, -0.2) is 0 Å². The number of carbonyl (C=O) groups excluding carboxylic acids is 1. The van der Waals surface area contributed by atoms with Gasteiger partial charge in [0.2, 0.25) is 17.6 Å². The molecule has 0 N–H and O–H groups in total. The summed E-state index contributed by atoms with van der Waals surface area (Å²) in [4.78, 5) is 21.4. The van der Waals surface area contributed by atoms with E-state index in [1.165, 1.54) is 28.6 Å². The number of piperazine rings is 1. The second kappa shape index (κ2) is 10.1. The van der Waals surface area contributed by atoms with Gasteiger partial charge < -0.3 is 19.1 Å². The summed E-state index contributed by atoms with van der Waals surface area (Å²) in [6.45, 7) is 7.50. The van der Waals surface area contributed by atoms with Gasteiger partial charge in [-0.3, -0.25) is 4.79 Å². The van der Waals surface area contributed by atoms with Crippen molar-refractivity contribution in [2.24, 2.45) is 0 Å². The molecule has 2 aromatic carbocycles. The Balaban J connectivity index is 1.23. The van der Waals surface area contributed by atoms with Gasteiger partial charge in [0.15, 0.2) is 0 Å².